The molecule has 0 N–H and O–H groups in total. The van der Waals surface area contributed by atoms with Crippen LogP contribution in [0.1, 0.15) is 48.9 Å². The van der Waals surface area contributed by atoms with E-state index >= 15 is 0 Å². The van der Waals surface area contributed by atoms with Crippen molar-refractivity contribution in [1.82, 2.24) is 24.8 Å². The lowest BCUT2D eigenvalue weighted by Crippen LogP contribution is -2.40. The van der Waals surface area contributed by atoms with Crippen LogP contribution in [0.25, 0.3) is 11.5 Å². The van der Waals surface area contributed by atoms with Gasteiger partial charge in [0.1, 0.15) is 5.69 Å². The quantitative estimate of drug-likeness (QED) is 0.837. The van der Waals surface area contributed by atoms with Gasteiger partial charge < -0.3 is 4.90 Å². The van der Waals surface area contributed by atoms with Gasteiger partial charge in [-0.25, -0.2) is 9.97 Å². The molecule has 2 aliphatic rings. The van der Waals surface area contributed by atoms with Gasteiger partial charge in [-0.05, 0) is 31.4 Å². The Morgan fingerprint density at radius 3 is 2.44 bits per heavy atom. The van der Waals surface area contributed by atoms with Gasteiger partial charge in [-0.2, -0.15) is 0 Å². The smallest absolute Gasteiger partial charge is 0.257 e. The fraction of sp³-hybridized carbons (Fsp3) is 0.524. The van der Waals surface area contributed by atoms with E-state index in [1.807, 2.05) is 23.1 Å². The molecule has 2 fully saturated rings. The highest BCUT2D eigenvalue weighted by Crippen LogP contribution is 2.23. The van der Waals surface area contributed by atoms with Gasteiger partial charge >= 0.3 is 0 Å². The van der Waals surface area contributed by atoms with Gasteiger partial charge in [0.25, 0.3) is 5.91 Å². The number of rotatable bonds is 3. The van der Waals surface area contributed by atoms with Crippen LogP contribution in [-0.2, 0) is 0 Å². The third-order valence-electron chi connectivity index (χ3n) is 5.70. The summed E-state index contributed by atoms with van der Waals surface area (Å²) in [5.74, 6) is 0.583. The van der Waals surface area contributed by atoms with Gasteiger partial charge in [0.05, 0.1) is 5.56 Å². The zero-order valence-electron chi connectivity index (χ0n) is 15.8. The molecule has 1 aliphatic heterocycles. The van der Waals surface area contributed by atoms with E-state index in [4.69, 9.17) is 0 Å². The topological polar surface area (TPSA) is 62.2 Å². The highest BCUT2D eigenvalue weighted by molar-refractivity contribution is 5.93. The minimum absolute atomic E-state index is 0.0352. The monoisotopic (exact) mass is 365 g/mol. The lowest BCUT2D eigenvalue weighted by atomic mass is 9.94. The Bertz CT molecular complexity index is 743. The van der Waals surface area contributed by atoms with Crippen LogP contribution < -0.4 is 0 Å². The molecule has 6 heteroatoms. The molecule has 2 aromatic heterocycles. The average Bonchev–Trinajstić information content (AvgIpc) is 3.01. The lowest BCUT2D eigenvalue weighted by Gasteiger charge is -2.33. The molecule has 2 aromatic rings. The second kappa shape index (κ2) is 8.57. The van der Waals surface area contributed by atoms with Crippen molar-refractivity contribution in [2.75, 3.05) is 26.2 Å². The fourth-order valence-corrected chi connectivity index (χ4v) is 4.20. The summed E-state index contributed by atoms with van der Waals surface area (Å²) in [6.07, 6.45) is 12.7. The molecule has 1 saturated heterocycles. The molecule has 0 atom stereocenters. The molecule has 0 bridgehead atoms. The summed E-state index contributed by atoms with van der Waals surface area (Å²) in [6.45, 7) is 3.67. The van der Waals surface area contributed by atoms with Crippen molar-refractivity contribution in [1.29, 1.82) is 0 Å². The predicted octanol–water partition coefficient (Wildman–Crippen LogP) is 3.02. The fourth-order valence-electron chi connectivity index (χ4n) is 4.20. The highest BCUT2D eigenvalue weighted by Gasteiger charge is 2.26. The summed E-state index contributed by atoms with van der Waals surface area (Å²) in [7, 11) is 0. The van der Waals surface area contributed by atoms with Crippen LogP contribution >= 0.6 is 0 Å². The minimum Gasteiger partial charge on any atom is -0.337 e. The van der Waals surface area contributed by atoms with E-state index in [2.05, 4.69) is 19.9 Å². The van der Waals surface area contributed by atoms with E-state index in [0.29, 0.717) is 11.4 Å². The first kappa shape index (κ1) is 18.0. The van der Waals surface area contributed by atoms with Crippen LogP contribution in [0.4, 0.5) is 0 Å². The van der Waals surface area contributed by atoms with Crippen LogP contribution in [0.3, 0.4) is 0 Å². The summed E-state index contributed by atoms with van der Waals surface area (Å²) < 4.78 is 0. The van der Waals surface area contributed by atoms with Gasteiger partial charge in [0, 0.05) is 50.8 Å². The minimum atomic E-state index is 0.0352. The number of aromatic nitrogens is 3. The van der Waals surface area contributed by atoms with Crippen LogP contribution in [0.5, 0.6) is 0 Å². The van der Waals surface area contributed by atoms with Gasteiger partial charge in [0.2, 0.25) is 0 Å². The largest absolute Gasteiger partial charge is 0.337 e. The third kappa shape index (κ3) is 4.33. The van der Waals surface area contributed by atoms with E-state index in [9.17, 15) is 4.79 Å². The Balaban J connectivity index is 1.39. The number of pyridine rings is 1. The molecule has 0 spiro atoms. The zero-order chi connectivity index (χ0) is 18.5. The van der Waals surface area contributed by atoms with Crippen LogP contribution in [0, 0.1) is 0 Å². The molecule has 1 aliphatic carbocycles. The summed E-state index contributed by atoms with van der Waals surface area (Å²) >= 11 is 0. The molecule has 6 nitrogen and oxygen atoms in total. The number of hydrogen-bond donors (Lipinski definition) is 0. The van der Waals surface area contributed by atoms with E-state index in [1.165, 1.54) is 32.1 Å². The third-order valence-corrected chi connectivity index (χ3v) is 5.70. The number of nitrogens with zero attached hydrogens (tertiary/aromatic N) is 5. The van der Waals surface area contributed by atoms with Gasteiger partial charge in [0.15, 0.2) is 5.82 Å². The molecular weight excluding hydrogens is 338 g/mol. The lowest BCUT2D eigenvalue weighted by molar-refractivity contribution is 0.0754. The van der Waals surface area contributed by atoms with Crippen molar-refractivity contribution < 1.29 is 4.79 Å². The molecular formula is C21H27N5O. The van der Waals surface area contributed by atoms with Crippen molar-refractivity contribution >= 4 is 5.91 Å². The highest BCUT2D eigenvalue weighted by atomic mass is 16.2. The Morgan fingerprint density at radius 2 is 1.70 bits per heavy atom. The molecule has 0 aromatic carbocycles. The first-order valence-electron chi connectivity index (χ1n) is 10.1. The van der Waals surface area contributed by atoms with Crippen LogP contribution in [0.2, 0.25) is 0 Å². The van der Waals surface area contributed by atoms with E-state index in [1.54, 1.807) is 18.6 Å². The second-order valence-corrected chi connectivity index (χ2v) is 7.48. The number of amides is 1. The molecule has 3 heterocycles. The van der Waals surface area contributed by atoms with Gasteiger partial charge in [-0.3, -0.25) is 14.7 Å². The van der Waals surface area contributed by atoms with Crippen molar-refractivity contribution in [3.8, 4) is 11.5 Å². The van der Waals surface area contributed by atoms with Crippen molar-refractivity contribution in [3.63, 3.8) is 0 Å². The maximum Gasteiger partial charge on any atom is 0.257 e. The van der Waals surface area contributed by atoms with Crippen molar-refractivity contribution in [3.05, 3.63) is 42.4 Å². The molecule has 1 saturated carbocycles. The molecule has 27 heavy (non-hydrogen) atoms. The number of carbonyl (C=O) groups is 1. The van der Waals surface area contributed by atoms with E-state index in [0.717, 1.165) is 44.3 Å². The Labute approximate surface area is 160 Å². The zero-order valence-corrected chi connectivity index (χ0v) is 15.8. The van der Waals surface area contributed by atoms with Crippen molar-refractivity contribution in [2.24, 2.45) is 0 Å². The molecule has 4 rings (SSSR count). The molecule has 1 amide bonds. The van der Waals surface area contributed by atoms with Gasteiger partial charge in [-0.1, -0.05) is 25.3 Å². The maximum atomic E-state index is 12.9. The Morgan fingerprint density at radius 1 is 0.889 bits per heavy atom. The predicted molar refractivity (Wildman–Crippen MR) is 104 cm³/mol. The first-order chi connectivity index (χ1) is 13.3. The maximum absolute atomic E-state index is 12.9. The summed E-state index contributed by atoms with van der Waals surface area (Å²) in [6, 6.07) is 6.35. The van der Waals surface area contributed by atoms with E-state index < -0.39 is 0 Å². The average molecular weight is 365 g/mol. The number of carbonyl (C=O) groups excluding carboxylic acids is 1. The van der Waals surface area contributed by atoms with Crippen LogP contribution in [-0.4, -0.2) is 62.9 Å². The van der Waals surface area contributed by atoms with Gasteiger partial charge in [-0.15, -0.1) is 0 Å². The Hall–Kier alpha value is -2.34. The normalized spacial score (nSPS) is 19.6. The second-order valence-electron chi connectivity index (χ2n) is 7.48. The first-order valence-corrected chi connectivity index (χ1v) is 10.1. The van der Waals surface area contributed by atoms with Crippen molar-refractivity contribution in [2.45, 2.75) is 44.6 Å². The summed E-state index contributed by atoms with van der Waals surface area (Å²) in [5.41, 5.74) is 1.27. The standard InChI is InChI=1S/C21H27N5O/c27-21(17-15-23-20(24-16-17)19-9-4-5-10-22-19)26-12-6-11-25(13-14-26)18-7-2-1-3-8-18/h4-5,9-10,15-16,18H,1-3,6-8,11-14H2. The molecule has 0 unspecified atom stereocenters. The molecule has 142 valence electrons. The summed E-state index contributed by atoms with van der Waals surface area (Å²) in [5, 5.41) is 0. The SMILES string of the molecule is O=C(c1cnc(-c2ccccn2)nc1)N1CCCN(C2CCCCC2)CC1. The number of hydrogen-bond acceptors (Lipinski definition) is 5. The van der Waals surface area contributed by atoms with Crippen LogP contribution in [0.15, 0.2) is 36.8 Å². The summed E-state index contributed by atoms with van der Waals surface area (Å²) in [4.78, 5) is 30.4. The van der Waals surface area contributed by atoms with E-state index in [-0.39, 0.29) is 5.91 Å². The Kier molecular flexibility index (Phi) is 5.72. The molecule has 0 radical (unpaired) electrons.